The highest BCUT2D eigenvalue weighted by Gasteiger charge is 2.24. The molecular formula is C20H20F2N6O. The summed E-state index contributed by atoms with van der Waals surface area (Å²) >= 11 is 0. The van der Waals surface area contributed by atoms with Gasteiger partial charge < -0.3 is 15.4 Å². The Kier molecular flexibility index (Phi) is 5.57. The third-order valence-corrected chi connectivity index (χ3v) is 4.77. The molecule has 0 amide bonds. The number of nitrogens with zero attached hydrogens (tertiary/aromatic N) is 4. The van der Waals surface area contributed by atoms with Crippen LogP contribution in [0.4, 0.5) is 26.4 Å². The van der Waals surface area contributed by atoms with E-state index in [1.165, 1.54) is 18.3 Å². The lowest BCUT2D eigenvalue weighted by molar-refractivity contribution is 0.182. The van der Waals surface area contributed by atoms with Crippen molar-refractivity contribution in [2.24, 2.45) is 11.8 Å². The van der Waals surface area contributed by atoms with Crippen molar-refractivity contribution in [1.29, 1.82) is 0 Å². The van der Waals surface area contributed by atoms with Gasteiger partial charge in [0.05, 0.1) is 12.2 Å². The zero-order chi connectivity index (χ0) is 20.2. The highest BCUT2D eigenvalue weighted by Crippen LogP contribution is 2.24. The van der Waals surface area contributed by atoms with Crippen molar-refractivity contribution >= 4 is 17.6 Å². The van der Waals surface area contributed by atoms with Gasteiger partial charge in [-0.25, -0.2) is 9.37 Å². The molecule has 0 bridgehead atoms. The summed E-state index contributed by atoms with van der Waals surface area (Å²) in [5.41, 5.74) is 0.673. The zero-order valence-electron chi connectivity index (χ0n) is 15.8. The summed E-state index contributed by atoms with van der Waals surface area (Å²) in [4.78, 5) is 16.5. The van der Waals surface area contributed by atoms with E-state index in [-0.39, 0.29) is 17.3 Å². The first kappa shape index (κ1) is 19.1. The maximum Gasteiger partial charge on any atom is 0.232 e. The lowest BCUT2D eigenvalue weighted by Gasteiger charge is -2.15. The quantitative estimate of drug-likeness (QED) is 0.613. The van der Waals surface area contributed by atoms with Crippen LogP contribution in [0.5, 0.6) is 0 Å². The fraction of sp³-hybridized carbons (Fsp3) is 0.300. The maximum atomic E-state index is 14.3. The molecule has 1 fully saturated rings. The standard InChI is InChI=1S/C20H20F2N6O/c1-12-10-29-11-13(12)9-24-19-26-18(15-4-2-3-5-16(15)21)27-20(28-19)25-14-6-7-23-17(22)8-14/h2-8,12-13H,9-11H2,1H3,(H2,23,24,25,26,27,28)/t12-,13+/m1/s1. The largest absolute Gasteiger partial charge is 0.381 e. The molecule has 150 valence electrons. The van der Waals surface area contributed by atoms with E-state index in [4.69, 9.17) is 4.74 Å². The fourth-order valence-electron chi connectivity index (χ4n) is 3.07. The van der Waals surface area contributed by atoms with Crippen molar-refractivity contribution in [3.8, 4) is 11.4 Å². The number of hydrogen-bond donors (Lipinski definition) is 2. The number of anilines is 3. The average molecular weight is 398 g/mol. The minimum atomic E-state index is -0.632. The summed E-state index contributed by atoms with van der Waals surface area (Å²) < 4.78 is 33.2. The Labute approximate surface area is 166 Å². The topological polar surface area (TPSA) is 84.9 Å². The summed E-state index contributed by atoms with van der Waals surface area (Å²) in [5.74, 6) is 0.322. The first-order chi connectivity index (χ1) is 14.1. The van der Waals surface area contributed by atoms with Gasteiger partial charge in [-0.15, -0.1) is 0 Å². The molecule has 0 aliphatic carbocycles. The Hall–Kier alpha value is -3.20. The van der Waals surface area contributed by atoms with Crippen LogP contribution < -0.4 is 10.6 Å². The van der Waals surface area contributed by atoms with E-state index in [2.05, 4.69) is 37.5 Å². The van der Waals surface area contributed by atoms with E-state index in [0.717, 1.165) is 6.61 Å². The molecule has 2 atom stereocenters. The maximum absolute atomic E-state index is 14.3. The Balaban J connectivity index is 1.64. The van der Waals surface area contributed by atoms with Gasteiger partial charge in [-0.3, -0.25) is 0 Å². The van der Waals surface area contributed by atoms with E-state index < -0.39 is 11.8 Å². The van der Waals surface area contributed by atoms with E-state index in [1.54, 1.807) is 24.3 Å². The van der Waals surface area contributed by atoms with Gasteiger partial charge in [0, 0.05) is 37.0 Å². The molecule has 7 nitrogen and oxygen atoms in total. The fourth-order valence-corrected chi connectivity index (χ4v) is 3.07. The van der Waals surface area contributed by atoms with Crippen LogP contribution in [0.2, 0.25) is 0 Å². The first-order valence-electron chi connectivity index (χ1n) is 9.29. The molecule has 3 aromatic rings. The molecule has 3 heterocycles. The Morgan fingerprint density at radius 2 is 1.90 bits per heavy atom. The molecule has 1 aliphatic rings. The molecule has 4 rings (SSSR count). The van der Waals surface area contributed by atoms with Gasteiger partial charge >= 0.3 is 0 Å². The highest BCUT2D eigenvalue weighted by atomic mass is 19.1. The van der Waals surface area contributed by atoms with Crippen molar-refractivity contribution in [2.45, 2.75) is 6.92 Å². The van der Waals surface area contributed by atoms with Gasteiger partial charge in [-0.05, 0) is 24.1 Å². The molecule has 2 N–H and O–H groups in total. The number of pyridine rings is 1. The third-order valence-electron chi connectivity index (χ3n) is 4.77. The molecule has 0 radical (unpaired) electrons. The van der Waals surface area contributed by atoms with Gasteiger partial charge in [-0.1, -0.05) is 19.1 Å². The highest BCUT2D eigenvalue weighted by molar-refractivity contribution is 5.61. The molecule has 0 unspecified atom stereocenters. The second kappa shape index (κ2) is 8.44. The minimum absolute atomic E-state index is 0.169. The molecule has 2 aromatic heterocycles. The Morgan fingerprint density at radius 1 is 1.07 bits per heavy atom. The van der Waals surface area contributed by atoms with Gasteiger partial charge in [-0.2, -0.15) is 19.3 Å². The first-order valence-corrected chi connectivity index (χ1v) is 9.29. The molecule has 1 saturated heterocycles. The molecule has 0 spiro atoms. The lowest BCUT2D eigenvalue weighted by atomic mass is 9.98. The molecular weight excluding hydrogens is 378 g/mol. The van der Waals surface area contributed by atoms with Crippen molar-refractivity contribution in [3.63, 3.8) is 0 Å². The third kappa shape index (κ3) is 4.62. The normalized spacial score (nSPS) is 18.6. The van der Waals surface area contributed by atoms with E-state index in [9.17, 15) is 8.78 Å². The van der Waals surface area contributed by atoms with E-state index >= 15 is 0 Å². The summed E-state index contributed by atoms with van der Waals surface area (Å²) in [6.45, 7) is 4.14. The van der Waals surface area contributed by atoms with Crippen molar-refractivity contribution in [1.82, 2.24) is 19.9 Å². The van der Waals surface area contributed by atoms with Crippen LogP contribution in [0.1, 0.15) is 6.92 Å². The van der Waals surface area contributed by atoms with Crippen LogP contribution in [0.25, 0.3) is 11.4 Å². The summed E-state index contributed by atoms with van der Waals surface area (Å²) in [5, 5.41) is 6.12. The number of aromatic nitrogens is 4. The average Bonchev–Trinajstić information content (AvgIpc) is 3.11. The van der Waals surface area contributed by atoms with Crippen molar-refractivity contribution in [2.75, 3.05) is 30.4 Å². The number of hydrogen-bond acceptors (Lipinski definition) is 7. The number of halogens is 2. The van der Waals surface area contributed by atoms with E-state index in [1.807, 2.05) is 0 Å². The van der Waals surface area contributed by atoms with Gasteiger partial charge in [0.15, 0.2) is 5.82 Å². The molecule has 1 aliphatic heterocycles. The van der Waals surface area contributed by atoms with Crippen molar-refractivity contribution < 1.29 is 13.5 Å². The second-order valence-electron chi connectivity index (χ2n) is 6.93. The molecule has 9 heteroatoms. The summed E-state index contributed by atoms with van der Waals surface area (Å²) in [6.07, 6.45) is 1.33. The zero-order valence-corrected chi connectivity index (χ0v) is 15.8. The van der Waals surface area contributed by atoms with Crippen LogP contribution in [0.15, 0.2) is 42.6 Å². The second-order valence-corrected chi connectivity index (χ2v) is 6.93. The van der Waals surface area contributed by atoms with Crippen LogP contribution in [-0.2, 0) is 4.74 Å². The predicted octanol–water partition coefficient (Wildman–Crippen LogP) is 3.65. The lowest BCUT2D eigenvalue weighted by Crippen LogP contribution is -2.21. The smallest absolute Gasteiger partial charge is 0.232 e. The van der Waals surface area contributed by atoms with Crippen molar-refractivity contribution in [3.05, 3.63) is 54.4 Å². The minimum Gasteiger partial charge on any atom is -0.381 e. The predicted molar refractivity (Wildman–Crippen MR) is 105 cm³/mol. The number of ether oxygens (including phenoxy) is 1. The molecule has 1 aromatic carbocycles. The van der Waals surface area contributed by atoms with E-state index in [0.29, 0.717) is 36.6 Å². The monoisotopic (exact) mass is 398 g/mol. The van der Waals surface area contributed by atoms with Crippen LogP contribution >= 0.6 is 0 Å². The molecule has 29 heavy (non-hydrogen) atoms. The van der Waals surface area contributed by atoms with Crippen LogP contribution in [0.3, 0.4) is 0 Å². The SMILES string of the molecule is C[C@@H]1COC[C@@H]1CNc1nc(Nc2ccnc(F)c2)nc(-c2ccccc2F)n1. The Morgan fingerprint density at radius 3 is 2.66 bits per heavy atom. The number of nitrogens with one attached hydrogen (secondary N) is 2. The van der Waals surface area contributed by atoms with Crippen LogP contribution in [-0.4, -0.2) is 39.7 Å². The van der Waals surface area contributed by atoms with Gasteiger partial charge in [0.25, 0.3) is 0 Å². The summed E-state index contributed by atoms with van der Waals surface area (Å²) in [6, 6.07) is 9.04. The number of benzene rings is 1. The Bertz CT molecular complexity index is 1000. The molecule has 0 saturated carbocycles. The number of rotatable bonds is 6. The van der Waals surface area contributed by atoms with Gasteiger partial charge in [0.2, 0.25) is 17.8 Å². The van der Waals surface area contributed by atoms with Gasteiger partial charge in [0.1, 0.15) is 5.82 Å². The summed E-state index contributed by atoms with van der Waals surface area (Å²) in [7, 11) is 0. The van der Waals surface area contributed by atoms with Crippen LogP contribution in [0, 0.1) is 23.6 Å².